The highest BCUT2D eigenvalue weighted by molar-refractivity contribution is 6.34. The molecule has 0 fully saturated rings. The molecule has 0 radical (unpaired) electrons. The first-order chi connectivity index (χ1) is 12.9. The van der Waals surface area contributed by atoms with Crippen molar-refractivity contribution in [3.8, 4) is 5.75 Å². The number of ether oxygens (including phenoxy) is 1. The van der Waals surface area contributed by atoms with Crippen LogP contribution in [-0.4, -0.2) is 30.9 Å². The van der Waals surface area contributed by atoms with Crippen LogP contribution in [0.5, 0.6) is 5.75 Å². The molecule has 0 unspecified atom stereocenters. The molecule has 0 saturated carbocycles. The fraction of sp³-hybridized carbons (Fsp3) is 0.167. The Morgan fingerprint density at radius 1 is 1.07 bits per heavy atom. The van der Waals surface area contributed by atoms with Crippen LogP contribution in [-0.2, 0) is 9.59 Å². The van der Waals surface area contributed by atoms with E-state index in [4.69, 9.17) is 33.7 Å². The van der Waals surface area contributed by atoms with E-state index >= 15 is 0 Å². The fourth-order valence-corrected chi connectivity index (χ4v) is 2.44. The molecule has 142 valence electrons. The van der Waals surface area contributed by atoms with Crippen LogP contribution in [0.4, 0.5) is 5.69 Å². The molecule has 2 rings (SSSR count). The molecule has 0 heterocycles. The van der Waals surface area contributed by atoms with Crippen molar-refractivity contribution in [1.29, 1.82) is 0 Å². The van der Waals surface area contributed by atoms with Crippen LogP contribution < -0.4 is 21.1 Å². The second kappa shape index (κ2) is 9.80. The third kappa shape index (κ3) is 6.47. The van der Waals surface area contributed by atoms with E-state index in [1.54, 1.807) is 36.4 Å². The van der Waals surface area contributed by atoms with Gasteiger partial charge in [-0.15, -0.1) is 0 Å². The summed E-state index contributed by atoms with van der Waals surface area (Å²) in [6.07, 6.45) is 0.0223. The van der Waals surface area contributed by atoms with Crippen molar-refractivity contribution in [3.05, 3.63) is 58.1 Å². The minimum absolute atomic E-state index is 0.0223. The van der Waals surface area contributed by atoms with Crippen LogP contribution in [0.2, 0.25) is 10.0 Å². The number of para-hydroxylation sites is 1. The van der Waals surface area contributed by atoms with E-state index in [0.717, 1.165) is 0 Å². The van der Waals surface area contributed by atoms with E-state index in [2.05, 4.69) is 10.6 Å². The van der Waals surface area contributed by atoms with Gasteiger partial charge in [-0.1, -0.05) is 35.3 Å². The summed E-state index contributed by atoms with van der Waals surface area (Å²) in [6.45, 7) is -0.218. The maximum atomic E-state index is 12.2. The van der Waals surface area contributed by atoms with Crippen LogP contribution in [0.15, 0.2) is 42.5 Å². The van der Waals surface area contributed by atoms with Gasteiger partial charge < -0.3 is 21.1 Å². The summed E-state index contributed by atoms with van der Waals surface area (Å²) in [7, 11) is 0. The minimum atomic E-state index is -0.520. The van der Waals surface area contributed by atoms with Crippen molar-refractivity contribution in [1.82, 2.24) is 5.32 Å². The Kier molecular flexibility index (Phi) is 7.45. The first-order valence-corrected chi connectivity index (χ1v) is 8.65. The number of amides is 3. The zero-order chi connectivity index (χ0) is 19.8. The molecule has 9 heteroatoms. The summed E-state index contributed by atoms with van der Waals surface area (Å²) in [5, 5.41) is 5.91. The number of hydrogen-bond donors (Lipinski definition) is 3. The molecule has 0 aromatic heterocycles. The predicted molar refractivity (Wildman–Crippen MR) is 103 cm³/mol. The molecule has 27 heavy (non-hydrogen) atoms. The summed E-state index contributed by atoms with van der Waals surface area (Å²) in [5.74, 6) is -1.17. The third-order valence-corrected chi connectivity index (χ3v) is 3.90. The fourth-order valence-electron chi connectivity index (χ4n) is 2.10. The summed E-state index contributed by atoms with van der Waals surface area (Å²) in [4.78, 5) is 35.1. The molecule has 4 N–H and O–H groups in total. The Labute approximate surface area is 165 Å². The van der Waals surface area contributed by atoms with Gasteiger partial charge in [0.15, 0.2) is 6.61 Å². The quantitative estimate of drug-likeness (QED) is 0.621. The SMILES string of the molecule is NC(=O)CCNC(=O)c1ccccc1NC(=O)COc1cc(Cl)ccc1Cl. The lowest BCUT2D eigenvalue weighted by Gasteiger charge is -2.12. The van der Waals surface area contributed by atoms with Crippen LogP contribution >= 0.6 is 23.2 Å². The lowest BCUT2D eigenvalue weighted by molar-refractivity contribution is -0.118. The minimum Gasteiger partial charge on any atom is -0.482 e. The predicted octanol–water partition coefficient (Wildman–Crippen LogP) is 2.62. The maximum Gasteiger partial charge on any atom is 0.262 e. The first-order valence-electron chi connectivity index (χ1n) is 7.90. The average Bonchev–Trinajstić information content (AvgIpc) is 2.62. The number of hydrogen-bond acceptors (Lipinski definition) is 4. The molecule has 0 bridgehead atoms. The Morgan fingerprint density at radius 2 is 1.81 bits per heavy atom. The normalized spacial score (nSPS) is 10.1. The molecule has 2 aromatic rings. The topological polar surface area (TPSA) is 111 Å². The Balaban J connectivity index is 1.98. The highest BCUT2D eigenvalue weighted by atomic mass is 35.5. The highest BCUT2D eigenvalue weighted by Gasteiger charge is 2.14. The van der Waals surface area contributed by atoms with Gasteiger partial charge in [0, 0.05) is 24.1 Å². The van der Waals surface area contributed by atoms with Gasteiger partial charge in [-0.05, 0) is 24.3 Å². The number of nitrogens with two attached hydrogens (primary N) is 1. The second-order valence-corrected chi connectivity index (χ2v) is 6.27. The summed E-state index contributed by atoms with van der Waals surface area (Å²) in [6, 6.07) is 11.1. The van der Waals surface area contributed by atoms with Gasteiger partial charge in [0.2, 0.25) is 5.91 Å². The van der Waals surface area contributed by atoms with E-state index in [1.807, 2.05) is 0 Å². The number of carbonyl (C=O) groups is 3. The summed E-state index contributed by atoms with van der Waals surface area (Å²) < 4.78 is 5.36. The van der Waals surface area contributed by atoms with Gasteiger partial charge in [-0.25, -0.2) is 0 Å². The van der Waals surface area contributed by atoms with Gasteiger partial charge >= 0.3 is 0 Å². The van der Waals surface area contributed by atoms with Gasteiger partial charge in [-0.2, -0.15) is 0 Å². The van der Waals surface area contributed by atoms with Crippen molar-refractivity contribution < 1.29 is 19.1 Å². The van der Waals surface area contributed by atoms with Gasteiger partial charge in [0.1, 0.15) is 5.75 Å². The van der Waals surface area contributed by atoms with E-state index in [9.17, 15) is 14.4 Å². The monoisotopic (exact) mass is 409 g/mol. The van der Waals surface area contributed by atoms with E-state index in [0.29, 0.717) is 15.7 Å². The lowest BCUT2D eigenvalue weighted by atomic mass is 10.1. The van der Waals surface area contributed by atoms with Crippen LogP contribution in [0.1, 0.15) is 16.8 Å². The van der Waals surface area contributed by atoms with Crippen LogP contribution in [0, 0.1) is 0 Å². The third-order valence-electron chi connectivity index (χ3n) is 3.35. The molecule has 2 aromatic carbocycles. The molecule has 0 spiro atoms. The molecule has 0 saturated heterocycles. The Hall–Kier alpha value is -2.77. The standard InChI is InChI=1S/C18H17Cl2N3O4/c19-11-5-6-13(20)15(9-11)27-10-17(25)23-14-4-2-1-3-12(14)18(26)22-8-7-16(21)24/h1-6,9H,7-8,10H2,(H2,21,24)(H,22,26)(H,23,25). The molecule has 0 aliphatic heterocycles. The van der Waals surface area contributed by atoms with Crippen molar-refractivity contribution in [2.45, 2.75) is 6.42 Å². The molecule has 0 aliphatic carbocycles. The van der Waals surface area contributed by atoms with Gasteiger partial charge in [0.25, 0.3) is 11.8 Å². The molecule has 3 amide bonds. The molecule has 7 nitrogen and oxygen atoms in total. The number of anilines is 1. The van der Waals surface area contributed by atoms with E-state index < -0.39 is 17.7 Å². The van der Waals surface area contributed by atoms with E-state index in [1.165, 1.54) is 6.07 Å². The van der Waals surface area contributed by atoms with Crippen molar-refractivity contribution in [2.75, 3.05) is 18.5 Å². The van der Waals surface area contributed by atoms with Crippen molar-refractivity contribution in [3.63, 3.8) is 0 Å². The second-order valence-electron chi connectivity index (χ2n) is 5.43. The molecule has 0 aliphatic rings. The maximum absolute atomic E-state index is 12.2. The van der Waals surface area contributed by atoms with Crippen LogP contribution in [0.3, 0.4) is 0 Å². The van der Waals surface area contributed by atoms with Crippen molar-refractivity contribution in [2.24, 2.45) is 5.73 Å². The first kappa shape index (κ1) is 20.5. The number of benzene rings is 2. The zero-order valence-electron chi connectivity index (χ0n) is 14.1. The number of carbonyl (C=O) groups excluding carboxylic acids is 3. The molecular weight excluding hydrogens is 393 g/mol. The number of halogens is 2. The Bertz CT molecular complexity index is 858. The average molecular weight is 410 g/mol. The van der Waals surface area contributed by atoms with Crippen LogP contribution in [0.25, 0.3) is 0 Å². The van der Waals surface area contributed by atoms with Gasteiger partial charge in [0.05, 0.1) is 16.3 Å². The lowest BCUT2D eigenvalue weighted by Crippen LogP contribution is -2.29. The number of primary amides is 1. The Morgan fingerprint density at radius 3 is 2.56 bits per heavy atom. The zero-order valence-corrected chi connectivity index (χ0v) is 15.6. The molecule has 0 atom stereocenters. The van der Waals surface area contributed by atoms with E-state index in [-0.39, 0.29) is 30.9 Å². The number of rotatable bonds is 8. The molecular formula is C18H17Cl2N3O4. The highest BCUT2D eigenvalue weighted by Crippen LogP contribution is 2.27. The number of nitrogens with one attached hydrogen (secondary N) is 2. The largest absolute Gasteiger partial charge is 0.482 e. The smallest absolute Gasteiger partial charge is 0.262 e. The summed E-state index contributed by atoms with van der Waals surface area (Å²) in [5.41, 5.74) is 5.59. The van der Waals surface area contributed by atoms with Gasteiger partial charge in [-0.3, -0.25) is 14.4 Å². The summed E-state index contributed by atoms with van der Waals surface area (Å²) >= 11 is 11.8. The van der Waals surface area contributed by atoms with Crippen molar-refractivity contribution >= 4 is 46.6 Å².